The van der Waals surface area contributed by atoms with Crippen LogP contribution in [-0.2, 0) is 0 Å². The quantitative estimate of drug-likeness (QED) is 0.609. The van der Waals surface area contributed by atoms with Crippen LogP contribution in [0.25, 0.3) is 0 Å². The molecule has 0 aliphatic carbocycles. The third-order valence-electron chi connectivity index (χ3n) is 1.87. The summed E-state index contributed by atoms with van der Waals surface area (Å²) in [5, 5.41) is 3.40. The lowest BCUT2D eigenvalue weighted by Crippen LogP contribution is -2.33. The van der Waals surface area contributed by atoms with Crippen molar-refractivity contribution in [2.75, 3.05) is 6.54 Å². The van der Waals surface area contributed by atoms with E-state index in [4.69, 9.17) is 0 Å². The second-order valence-electron chi connectivity index (χ2n) is 3.07. The lowest BCUT2D eigenvalue weighted by Gasteiger charge is -2.18. The second-order valence-corrected chi connectivity index (χ2v) is 3.07. The summed E-state index contributed by atoms with van der Waals surface area (Å²) in [5.41, 5.74) is 0. The Morgan fingerprint density at radius 1 is 1.36 bits per heavy atom. The first-order valence-electron chi connectivity index (χ1n) is 4.35. The van der Waals surface area contributed by atoms with Gasteiger partial charge in [0.05, 0.1) is 6.54 Å². The molecule has 1 unspecified atom stereocenters. The van der Waals surface area contributed by atoms with Crippen LogP contribution in [0.5, 0.6) is 0 Å². The maximum Gasteiger partial charge on any atom is 0.0578 e. The van der Waals surface area contributed by atoms with Gasteiger partial charge < -0.3 is 5.32 Å². The Morgan fingerprint density at radius 2 is 2.00 bits per heavy atom. The monoisotopic (exact) mass is 153 g/mol. The van der Waals surface area contributed by atoms with Crippen molar-refractivity contribution in [3.8, 4) is 11.8 Å². The fourth-order valence-corrected chi connectivity index (χ4v) is 1.12. The Morgan fingerprint density at radius 3 is 2.36 bits per heavy atom. The van der Waals surface area contributed by atoms with Gasteiger partial charge in [-0.05, 0) is 19.3 Å². The zero-order chi connectivity index (χ0) is 8.69. The highest BCUT2D eigenvalue weighted by atomic mass is 14.9. The maximum absolute atomic E-state index is 3.40. The molecule has 0 saturated carbocycles. The van der Waals surface area contributed by atoms with Gasteiger partial charge in [0, 0.05) is 6.04 Å². The summed E-state index contributed by atoms with van der Waals surface area (Å²) in [6.07, 6.45) is 1.18. The highest BCUT2D eigenvalue weighted by Gasteiger charge is 2.07. The van der Waals surface area contributed by atoms with Crippen molar-refractivity contribution in [2.45, 2.75) is 40.2 Å². The molecule has 0 spiro atoms. The van der Waals surface area contributed by atoms with Crippen LogP contribution < -0.4 is 5.32 Å². The fraction of sp³-hybridized carbons (Fsp3) is 0.800. The van der Waals surface area contributed by atoms with Gasteiger partial charge in [0.1, 0.15) is 0 Å². The minimum Gasteiger partial charge on any atom is -0.303 e. The summed E-state index contributed by atoms with van der Waals surface area (Å²) in [6, 6.07) is 0.621. The topological polar surface area (TPSA) is 12.0 Å². The van der Waals surface area contributed by atoms with E-state index in [2.05, 4.69) is 37.9 Å². The van der Waals surface area contributed by atoms with Gasteiger partial charge in [-0.25, -0.2) is 0 Å². The van der Waals surface area contributed by atoms with Crippen molar-refractivity contribution < 1.29 is 0 Å². The molecule has 11 heavy (non-hydrogen) atoms. The van der Waals surface area contributed by atoms with Gasteiger partial charge in [-0.2, -0.15) is 0 Å². The van der Waals surface area contributed by atoms with E-state index in [9.17, 15) is 0 Å². The minimum absolute atomic E-state index is 0.621. The Hall–Kier alpha value is -0.480. The molecule has 0 saturated heterocycles. The second kappa shape index (κ2) is 6.24. The Balaban J connectivity index is 3.58. The van der Waals surface area contributed by atoms with E-state index in [0.717, 1.165) is 6.54 Å². The third kappa shape index (κ3) is 4.86. The average molecular weight is 153 g/mol. The number of hydrogen-bond donors (Lipinski definition) is 1. The first kappa shape index (κ1) is 10.5. The number of hydrogen-bond acceptors (Lipinski definition) is 1. The zero-order valence-corrected chi connectivity index (χ0v) is 8.07. The summed E-state index contributed by atoms with van der Waals surface area (Å²) < 4.78 is 0. The fourth-order valence-electron chi connectivity index (χ4n) is 1.12. The van der Waals surface area contributed by atoms with Gasteiger partial charge in [-0.15, -0.1) is 5.92 Å². The highest BCUT2D eigenvalue weighted by Crippen LogP contribution is 2.03. The molecular weight excluding hydrogens is 134 g/mol. The highest BCUT2D eigenvalue weighted by molar-refractivity contribution is 4.97. The molecule has 0 aliphatic rings. The van der Waals surface area contributed by atoms with Gasteiger partial charge in [0.25, 0.3) is 0 Å². The molecule has 0 aromatic carbocycles. The van der Waals surface area contributed by atoms with Crippen LogP contribution in [0.1, 0.15) is 34.1 Å². The molecule has 0 radical (unpaired) electrons. The number of nitrogens with one attached hydrogen (secondary N) is 1. The molecule has 1 nitrogen and oxygen atoms in total. The molecule has 0 aromatic heterocycles. The van der Waals surface area contributed by atoms with E-state index in [1.54, 1.807) is 0 Å². The average Bonchev–Trinajstić information content (AvgIpc) is 1.97. The van der Waals surface area contributed by atoms with E-state index in [1.807, 2.05) is 6.92 Å². The van der Waals surface area contributed by atoms with E-state index >= 15 is 0 Å². The predicted molar refractivity (Wildman–Crippen MR) is 50.4 cm³/mol. The van der Waals surface area contributed by atoms with Gasteiger partial charge in [0.2, 0.25) is 0 Å². The smallest absolute Gasteiger partial charge is 0.0578 e. The van der Waals surface area contributed by atoms with Crippen molar-refractivity contribution in [3.63, 3.8) is 0 Å². The molecule has 0 heterocycles. The van der Waals surface area contributed by atoms with Gasteiger partial charge in [-0.3, -0.25) is 0 Å². The molecule has 1 atom stereocenters. The predicted octanol–water partition coefficient (Wildman–Crippen LogP) is 2.03. The molecule has 0 amide bonds. The van der Waals surface area contributed by atoms with Crippen molar-refractivity contribution >= 4 is 0 Å². The van der Waals surface area contributed by atoms with E-state index < -0.39 is 0 Å². The first-order valence-corrected chi connectivity index (χ1v) is 4.35. The van der Waals surface area contributed by atoms with Crippen LogP contribution in [-0.4, -0.2) is 12.6 Å². The van der Waals surface area contributed by atoms with Crippen LogP contribution >= 0.6 is 0 Å². The summed E-state index contributed by atoms with van der Waals surface area (Å²) in [4.78, 5) is 0. The molecule has 0 aliphatic heterocycles. The summed E-state index contributed by atoms with van der Waals surface area (Å²) in [6.45, 7) is 9.38. The van der Waals surface area contributed by atoms with Crippen LogP contribution in [0.3, 0.4) is 0 Å². The SMILES string of the molecule is CC#CCNC(CC)C(C)C. The minimum atomic E-state index is 0.621. The van der Waals surface area contributed by atoms with Crippen molar-refractivity contribution in [3.05, 3.63) is 0 Å². The standard InChI is InChI=1S/C10H19N/c1-5-7-8-11-10(6-2)9(3)4/h9-11H,6,8H2,1-4H3. The van der Waals surface area contributed by atoms with Crippen LogP contribution in [0.15, 0.2) is 0 Å². The van der Waals surface area contributed by atoms with Crippen LogP contribution in [0, 0.1) is 17.8 Å². The van der Waals surface area contributed by atoms with Gasteiger partial charge >= 0.3 is 0 Å². The van der Waals surface area contributed by atoms with E-state index in [-0.39, 0.29) is 0 Å². The molecule has 1 heteroatoms. The third-order valence-corrected chi connectivity index (χ3v) is 1.87. The van der Waals surface area contributed by atoms with E-state index in [1.165, 1.54) is 6.42 Å². The van der Waals surface area contributed by atoms with Gasteiger partial charge in [0.15, 0.2) is 0 Å². The maximum atomic E-state index is 3.40. The molecule has 0 bridgehead atoms. The normalized spacial score (nSPS) is 12.5. The lowest BCUT2D eigenvalue weighted by molar-refractivity contribution is 0.405. The largest absolute Gasteiger partial charge is 0.303 e. The first-order chi connectivity index (χ1) is 5.22. The van der Waals surface area contributed by atoms with Gasteiger partial charge in [-0.1, -0.05) is 26.7 Å². The molecule has 1 N–H and O–H groups in total. The van der Waals surface area contributed by atoms with Crippen LogP contribution in [0.2, 0.25) is 0 Å². The summed E-state index contributed by atoms with van der Waals surface area (Å²) in [7, 11) is 0. The lowest BCUT2D eigenvalue weighted by atomic mass is 10.0. The van der Waals surface area contributed by atoms with Crippen molar-refractivity contribution in [2.24, 2.45) is 5.92 Å². The van der Waals surface area contributed by atoms with Crippen molar-refractivity contribution in [1.29, 1.82) is 0 Å². The Bertz CT molecular complexity index is 139. The molecule has 0 aromatic rings. The Labute approximate surface area is 70.6 Å². The van der Waals surface area contributed by atoms with E-state index in [0.29, 0.717) is 12.0 Å². The number of rotatable bonds is 4. The zero-order valence-electron chi connectivity index (χ0n) is 8.07. The molecule has 64 valence electrons. The summed E-state index contributed by atoms with van der Waals surface area (Å²) >= 11 is 0. The molecule has 0 fully saturated rings. The van der Waals surface area contributed by atoms with Crippen LogP contribution in [0.4, 0.5) is 0 Å². The molecule has 0 rings (SSSR count). The molecular formula is C10H19N. The van der Waals surface area contributed by atoms with Crippen molar-refractivity contribution in [1.82, 2.24) is 5.32 Å². The summed E-state index contributed by atoms with van der Waals surface area (Å²) in [5.74, 6) is 6.59. The Kier molecular flexibility index (Phi) is 5.97.